The number of carboxylic acids is 1. The first-order valence-corrected chi connectivity index (χ1v) is 5.45. The zero-order valence-corrected chi connectivity index (χ0v) is 8.33. The Bertz CT molecular complexity index is 164. The van der Waals surface area contributed by atoms with Crippen LogP contribution < -0.4 is 0 Å². The van der Waals surface area contributed by atoms with Crippen LogP contribution in [0.25, 0.3) is 0 Å². The minimum absolute atomic E-state index is 0.634. The van der Waals surface area contributed by atoms with E-state index in [0.29, 0.717) is 0 Å². The lowest BCUT2D eigenvalue weighted by molar-refractivity contribution is -0.137. The topological polar surface area (TPSA) is 49.7 Å². The lowest BCUT2D eigenvalue weighted by Crippen LogP contribution is -2.14. The van der Waals surface area contributed by atoms with Gasteiger partial charge in [-0.1, -0.05) is 0 Å². The van der Waals surface area contributed by atoms with E-state index in [0.717, 1.165) is 4.38 Å². The summed E-state index contributed by atoms with van der Waals surface area (Å²) < 4.78 is 0.805. The summed E-state index contributed by atoms with van der Waals surface area (Å²) in [5.41, 5.74) is 0. The maximum absolute atomic E-state index is 10.3. The van der Waals surface area contributed by atoms with Crippen molar-refractivity contribution in [2.24, 2.45) is 4.99 Å². The highest BCUT2D eigenvalue weighted by Crippen LogP contribution is 2.12. The largest absolute Gasteiger partial charge is 0.480 e. The van der Waals surface area contributed by atoms with Gasteiger partial charge in [0.25, 0.3) is 0 Å². The molecule has 0 unspecified atom stereocenters. The third kappa shape index (κ3) is 4.31. The Kier molecular flexibility index (Phi) is 5.41. The fourth-order valence-corrected chi connectivity index (χ4v) is 1.60. The fraction of sp³-hybridized carbons (Fsp3) is 0.667. The molecule has 0 bridgehead atoms. The van der Waals surface area contributed by atoms with Gasteiger partial charge in [-0.2, -0.15) is 0 Å². The molecule has 11 heavy (non-hydrogen) atoms. The molecule has 0 heterocycles. The van der Waals surface area contributed by atoms with Gasteiger partial charge in [0.1, 0.15) is 10.4 Å². The Morgan fingerprint density at radius 1 is 1.45 bits per heavy atom. The molecule has 1 atom stereocenters. The fourth-order valence-electron chi connectivity index (χ4n) is 0.402. The van der Waals surface area contributed by atoms with E-state index in [2.05, 4.69) is 4.99 Å². The van der Waals surface area contributed by atoms with Crippen molar-refractivity contribution >= 4 is 33.9 Å². The highest BCUT2D eigenvalue weighted by atomic mass is 32.2. The molecular formula is C6H11NO2S2. The average Bonchev–Trinajstić information content (AvgIpc) is 1.99. The number of nitrogens with zero attached hydrogens (tertiary/aromatic N) is 1. The van der Waals surface area contributed by atoms with Gasteiger partial charge in [-0.05, 0) is 19.4 Å². The van der Waals surface area contributed by atoms with Gasteiger partial charge in [0.05, 0.1) is 0 Å². The normalized spacial score (nSPS) is 12.3. The summed E-state index contributed by atoms with van der Waals surface area (Å²) in [6, 6.07) is -0.634. The van der Waals surface area contributed by atoms with E-state index in [1.54, 1.807) is 6.92 Å². The van der Waals surface area contributed by atoms with Crippen LogP contribution in [0.1, 0.15) is 6.92 Å². The van der Waals surface area contributed by atoms with Gasteiger partial charge < -0.3 is 5.11 Å². The number of rotatable bonds is 2. The van der Waals surface area contributed by atoms with E-state index in [4.69, 9.17) is 5.11 Å². The number of aliphatic carboxylic acids is 1. The Morgan fingerprint density at radius 3 is 2.18 bits per heavy atom. The SMILES string of the molecule is CSC(=N[C@H](C)C(=O)O)SC. The van der Waals surface area contributed by atoms with E-state index >= 15 is 0 Å². The van der Waals surface area contributed by atoms with E-state index in [9.17, 15) is 4.79 Å². The van der Waals surface area contributed by atoms with Crippen molar-refractivity contribution in [3.8, 4) is 0 Å². The lowest BCUT2D eigenvalue weighted by atomic mass is 10.4. The molecule has 0 saturated heterocycles. The number of hydrogen-bond donors (Lipinski definition) is 1. The zero-order chi connectivity index (χ0) is 8.85. The average molecular weight is 193 g/mol. The zero-order valence-electron chi connectivity index (χ0n) is 6.70. The van der Waals surface area contributed by atoms with Crippen molar-refractivity contribution in [1.82, 2.24) is 0 Å². The summed E-state index contributed by atoms with van der Waals surface area (Å²) in [7, 11) is 0. The van der Waals surface area contributed by atoms with Crippen molar-refractivity contribution in [1.29, 1.82) is 0 Å². The maximum atomic E-state index is 10.3. The van der Waals surface area contributed by atoms with Gasteiger partial charge in [0.2, 0.25) is 0 Å². The monoisotopic (exact) mass is 193 g/mol. The molecule has 0 amide bonds. The first kappa shape index (κ1) is 10.8. The van der Waals surface area contributed by atoms with Crippen LogP contribution in [0.15, 0.2) is 4.99 Å². The summed E-state index contributed by atoms with van der Waals surface area (Å²) in [4.78, 5) is 14.3. The van der Waals surface area contributed by atoms with Gasteiger partial charge >= 0.3 is 5.97 Å². The molecule has 0 aromatic carbocycles. The molecule has 3 nitrogen and oxygen atoms in total. The van der Waals surface area contributed by atoms with Gasteiger partial charge in [-0.3, -0.25) is 4.99 Å². The molecule has 64 valence electrons. The van der Waals surface area contributed by atoms with E-state index in [-0.39, 0.29) is 0 Å². The number of carboxylic acid groups (broad SMARTS) is 1. The second kappa shape index (κ2) is 5.49. The second-order valence-corrected chi connectivity index (χ2v) is 3.67. The summed E-state index contributed by atoms with van der Waals surface area (Å²) in [6.07, 6.45) is 3.76. The molecule has 0 aliphatic heterocycles. The molecular weight excluding hydrogens is 182 g/mol. The molecule has 0 saturated carbocycles. The minimum atomic E-state index is -0.884. The molecule has 5 heteroatoms. The Hall–Kier alpha value is -0.160. The molecule has 0 aromatic rings. The van der Waals surface area contributed by atoms with Gasteiger partial charge in [-0.25, -0.2) is 4.79 Å². The molecule has 0 rings (SSSR count). The summed E-state index contributed by atoms with van der Waals surface area (Å²) in [5, 5.41) is 8.50. The summed E-state index contributed by atoms with van der Waals surface area (Å²) >= 11 is 2.93. The molecule has 0 aliphatic rings. The third-order valence-corrected chi connectivity index (χ3v) is 2.91. The molecule has 1 N–H and O–H groups in total. The van der Waals surface area contributed by atoms with Crippen molar-refractivity contribution in [2.45, 2.75) is 13.0 Å². The number of hydrogen-bond acceptors (Lipinski definition) is 4. The predicted octanol–water partition coefficient (Wildman–Crippen LogP) is 1.54. The van der Waals surface area contributed by atoms with Gasteiger partial charge in [0, 0.05) is 0 Å². The maximum Gasteiger partial charge on any atom is 0.328 e. The summed E-state index contributed by atoms with van der Waals surface area (Å²) in [5.74, 6) is -0.884. The van der Waals surface area contributed by atoms with E-state index < -0.39 is 12.0 Å². The quantitative estimate of drug-likeness (QED) is 0.534. The van der Waals surface area contributed by atoms with Gasteiger partial charge in [0.15, 0.2) is 0 Å². The first-order chi connectivity index (χ1) is 5.11. The summed E-state index contributed by atoms with van der Waals surface area (Å²) in [6.45, 7) is 1.56. The van der Waals surface area contributed by atoms with Crippen LogP contribution in [-0.2, 0) is 4.79 Å². The number of carbonyl (C=O) groups is 1. The van der Waals surface area contributed by atoms with Crippen LogP contribution in [0.3, 0.4) is 0 Å². The smallest absolute Gasteiger partial charge is 0.328 e. The van der Waals surface area contributed by atoms with Crippen molar-refractivity contribution < 1.29 is 9.90 Å². The van der Waals surface area contributed by atoms with Crippen LogP contribution in [0.2, 0.25) is 0 Å². The van der Waals surface area contributed by atoms with Crippen LogP contribution in [0, 0.1) is 0 Å². The van der Waals surface area contributed by atoms with Crippen LogP contribution in [-0.4, -0.2) is 34.0 Å². The third-order valence-electron chi connectivity index (χ3n) is 1.01. The molecule has 0 radical (unpaired) electrons. The van der Waals surface area contributed by atoms with Crippen LogP contribution >= 0.6 is 23.5 Å². The Balaban J connectivity index is 4.14. The Morgan fingerprint density at radius 2 is 1.91 bits per heavy atom. The van der Waals surface area contributed by atoms with Crippen molar-refractivity contribution in [3.63, 3.8) is 0 Å². The highest BCUT2D eigenvalue weighted by Gasteiger charge is 2.09. The van der Waals surface area contributed by atoms with Crippen molar-refractivity contribution in [2.75, 3.05) is 12.5 Å². The number of thioether (sulfide) groups is 2. The molecule has 0 aromatic heterocycles. The lowest BCUT2D eigenvalue weighted by Gasteiger charge is -2.01. The van der Waals surface area contributed by atoms with Gasteiger partial charge in [-0.15, -0.1) is 23.5 Å². The Labute approximate surface area is 74.7 Å². The predicted molar refractivity (Wildman–Crippen MR) is 51.6 cm³/mol. The second-order valence-electron chi connectivity index (χ2n) is 1.82. The van der Waals surface area contributed by atoms with E-state index in [1.807, 2.05) is 12.5 Å². The number of aliphatic imine (C=N–C) groups is 1. The van der Waals surface area contributed by atoms with E-state index in [1.165, 1.54) is 23.5 Å². The van der Waals surface area contributed by atoms with Crippen molar-refractivity contribution in [3.05, 3.63) is 0 Å². The standard InChI is InChI=1S/C6H11NO2S2/c1-4(5(8)9)7-6(10-2)11-3/h4H,1-3H3,(H,8,9)/t4-/m1/s1. The van der Waals surface area contributed by atoms with Crippen LogP contribution in [0.4, 0.5) is 0 Å². The molecule has 0 spiro atoms. The molecule has 0 aliphatic carbocycles. The minimum Gasteiger partial charge on any atom is -0.480 e. The highest BCUT2D eigenvalue weighted by molar-refractivity contribution is 8.38. The first-order valence-electron chi connectivity index (χ1n) is 3.00. The van der Waals surface area contributed by atoms with Crippen LogP contribution in [0.5, 0.6) is 0 Å². The molecule has 0 fully saturated rings.